The molecule has 0 aromatic heterocycles. The van der Waals surface area contributed by atoms with Crippen LogP contribution in [0.2, 0.25) is 0 Å². The van der Waals surface area contributed by atoms with Gasteiger partial charge in [0.05, 0.1) is 5.54 Å². The van der Waals surface area contributed by atoms with Crippen LogP contribution in [0.25, 0.3) is 0 Å². The highest BCUT2D eigenvalue weighted by Crippen LogP contribution is 2.37. The Morgan fingerprint density at radius 3 is 2.43 bits per heavy atom. The maximum absolute atomic E-state index is 3.87. The lowest BCUT2D eigenvalue weighted by Gasteiger charge is -2.54. The first kappa shape index (κ1) is 15.1. The summed E-state index contributed by atoms with van der Waals surface area (Å²) in [4.78, 5) is 2.84. The molecule has 0 amide bonds. The Bertz CT molecular complexity index is 466. The maximum Gasteiger partial charge on any atom is 0.0535 e. The quantitative estimate of drug-likeness (QED) is 0.906. The smallest absolute Gasteiger partial charge is 0.0535 e. The number of nitrogens with one attached hydrogen (secondary N) is 1. The summed E-state index contributed by atoms with van der Waals surface area (Å²) >= 11 is 0. The largest absolute Gasteiger partial charge is 0.305 e. The summed E-state index contributed by atoms with van der Waals surface area (Å²) in [5.74, 6) is 0. The average Bonchev–Trinajstić information content (AvgIpc) is 3.05. The Morgan fingerprint density at radius 2 is 1.81 bits per heavy atom. The van der Waals surface area contributed by atoms with E-state index in [4.69, 9.17) is 0 Å². The van der Waals surface area contributed by atoms with E-state index in [0.29, 0.717) is 5.54 Å². The number of benzene rings is 1. The summed E-state index contributed by atoms with van der Waals surface area (Å²) in [5, 5.41) is 3.87. The van der Waals surface area contributed by atoms with Crippen LogP contribution < -0.4 is 5.32 Å². The van der Waals surface area contributed by atoms with Gasteiger partial charge in [-0.25, -0.2) is 0 Å². The van der Waals surface area contributed by atoms with Crippen LogP contribution in [0.15, 0.2) is 30.3 Å². The molecule has 0 radical (unpaired) electrons. The first-order valence-corrected chi connectivity index (χ1v) is 8.65. The van der Waals surface area contributed by atoms with Crippen LogP contribution >= 0.6 is 0 Å². The van der Waals surface area contributed by atoms with Crippen LogP contribution in [0.3, 0.4) is 0 Å². The highest BCUT2D eigenvalue weighted by molar-refractivity contribution is 5.26. The van der Waals surface area contributed by atoms with Crippen molar-refractivity contribution in [3.63, 3.8) is 0 Å². The van der Waals surface area contributed by atoms with Crippen molar-refractivity contribution >= 4 is 0 Å². The zero-order chi connectivity index (χ0) is 14.9. The van der Waals surface area contributed by atoms with Gasteiger partial charge < -0.3 is 5.32 Å². The van der Waals surface area contributed by atoms with E-state index in [0.717, 1.165) is 19.1 Å². The zero-order valence-electron chi connectivity index (χ0n) is 13.9. The molecule has 2 unspecified atom stereocenters. The lowest BCUT2D eigenvalue weighted by Crippen LogP contribution is -2.68. The van der Waals surface area contributed by atoms with Crippen LogP contribution in [0.4, 0.5) is 0 Å². The van der Waals surface area contributed by atoms with Gasteiger partial charge in [-0.15, -0.1) is 0 Å². The van der Waals surface area contributed by atoms with E-state index < -0.39 is 0 Å². The molecule has 0 bridgehead atoms. The Balaban J connectivity index is 1.87. The average molecular weight is 286 g/mol. The second-order valence-corrected chi connectivity index (χ2v) is 7.47. The van der Waals surface area contributed by atoms with E-state index in [9.17, 15) is 0 Å². The molecular formula is C19H30N2. The molecule has 2 fully saturated rings. The molecule has 1 N–H and O–H groups in total. The molecule has 1 aromatic rings. The summed E-state index contributed by atoms with van der Waals surface area (Å²) in [6.07, 6.45) is 6.83. The minimum absolute atomic E-state index is 0.0819. The van der Waals surface area contributed by atoms with Crippen LogP contribution in [-0.4, -0.2) is 29.6 Å². The number of piperazine rings is 1. The fourth-order valence-electron chi connectivity index (χ4n) is 4.19. The molecule has 2 nitrogen and oxygen atoms in total. The van der Waals surface area contributed by atoms with Crippen molar-refractivity contribution in [3.8, 4) is 0 Å². The molecule has 116 valence electrons. The van der Waals surface area contributed by atoms with E-state index in [1.807, 2.05) is 0 Å². The third-order valence-corrected chi connectivity index (χ3v) is 5.98. The fraction of sp³-hybridized carbons (Fsp3) is 0.684. The molecule has 1 saturated carbocycles. The van der Waals surface area contributed by atoms with Gasteiger partial charge in [-0.05, 0) is 38.7 Å². The van der Waals surface area contributed by atoms with Crippen LogP contribution in [-0.2, 0) is 5.54 Å². The van der Waals surface area contributed by atoms with Gasteiger partial charge in [0.2, 0.25) is 0 Å². The third kappa shape index (κ3) is 2.76. The topological polar surface area (TPSA) is 15.3 Å². The molecule has 0 spiro atoms. The van der Waals surface area contributed by atoms with E-state index in [2.05, 4.69) is 61.3 Å². The highest BCUT2D eigenvalue weighted by atomic mass is 15.3. The highest BCUT2D eigenvalue weighted by Gasteiger charge is 2.45. The van der Waals surface area contributed by atoms with Crippen molar-refractivity contribution in [3.05, 3.63) is 35.9 Å². The van der Waals surface area contributed by atoms with Crippen LogP contribution in [0.1, 0.15) is 58.4 Å². The Hall–Kier alpha value is -0.860. The van der Waals surface area contributed by atoms with Crippen LogP contribution in [0.5, 0.6) is 0 Å². The van der Waals surface area contributed by atoms with Crippen LogP contribution in [0, 0.1) is 0 Å². The van der Waals surface area contributed by atoms with Gasteiger partial charge in [0.25, 0.3) is 0 Å². The molecule has 2 heteroatoms. The minimum atomic E-state index is 0.0819. The fourth-order valence-corrected chi connectivity index (χ4v) is 4.19. The van der Waals surface area contributed by atoms with Gasteiger partial charge in [-0.3, -0.25) is 4.90 Å². The second kappa shape index (κ2) is 5.73. The van der Waals surface area contributed by atoms with Crippen molar-refractivity contribution in [2.75, 3.05) is 13.1 Å². The Labute approximate surface area is 129 Å². The summed E-state index contributed by atoms with van der Waals surface area (Å²) in [6, 6.07) is 11.8. The van der Waals surface area contributed by atoms with E-state index in [1.54, 1.807) is 0 Å². The van der Waals surface area contributed by atoms with Gasteiger partial charge in [-0.2, -0.15) is 0 Å². The zero-order valence-corrected chi connectivity index (χ0v) is 13.9. The summed E-state index contributed by atoms with van der Waals surface area (Å²) in [5.41, 5.74) is 1.81. The minimum Gasteiger partial charge on any atom is -0.305 e. The molecule has 2 aliphatic rings. The van der Waals surface area contributed by atoms with E-state index in [1.165, 1.54) is 37.7 Å². The van der Waals surface area contributed by atoms with Gasteiger partial charge >= 0.3 is 0 Å². The van der Waals surface area contributed by atoms with Gasteiger partial charge in [-0.1, -0.05) is 50.1 Å². The molecule has 1 aliphatic carbocycles. The molecule has 3 rings (SSSR count). The maximum atomic E-state index is 3.87. The van der Waals surface area contributed by atoms with Crippen molar-refractivity contribution < 1.29 is 0 Å². The van der Waals surface area contributed by atoms with Crippen molar-refractivity contribution in [1.29, 1.82) is 0 Å². The molecule has 21 heavy (non-hydrogen) atoms. The SMILES string of the molecule is CCC1(C)CNC(C)(c2ccccc2)CN1C1CCCC1. The summed E-state index contributed by atoms with van der Waals surface area (Å²) in [7, 11) is 0. The lowest BCUT2D eigenvalue weighted by atomic mass is 9.82. The molecular weight excluding hydrogens is 256 g/mol. The normalized spacial score (nSPS) is 35.2. The molecule has 2 atom stereocenters. The molecule has 1 aliphatic heterocycles. The number of rotatable bonds is 3. The van der Waals surface area contributed by atoms with E-state index in [-0.39, 0.29) is 5.54 Å². The number of hydrogen-bond acceptors (Lipinski definition) is 2. The van der Waals surface area contributed by atoms with Gasteiger partial charge in [0.15, 0.2) is 0 Å². The summed E-state index contributed by atoms with van der Waals surface area (Å²) < 4.78 is 0. The molecule has 1 heterocycles. The van der Waals surface area contributed by atoms with Crippen molar-refractivity contribution in [1.82, 2.24) is 10.2 Å². The number of nitrogens with zero attached hydrogens (tertiary/aromatic N) is 1. The Morgan fingerprint density at radius 1 is 1.14 bits per heavy atom. The van der Waals surface area contributed by atoms with Gasteiger partial charge in [0.1, 0.15) is 0 Å². The first-order chi connectivity index (χ1) is 10.1. The van der Waals surface area contributed by atoms with Crippen molar-refractivity contribution in [2.45, 2.75) is 70.0 Å². The predicted octanol–water partition coefficient (Wildman–Crippen LogP) is 3.92. The molecule has 1 aromatic carbocycles. The Kier molecular flexibility index (Phi) is 4.11. The second-order valence-electron chi connectivity index (χ2n) is 7.47. The lowest BCUT2D eigenvalue weighted by molar-refractivity contribution is -0.0151. The predicted molar refractivity (Wildman–Crippen MR) is 89.5 cm³/mol. The number of hydrogen-bond donors (Lipinski definition) is 1. The first-order valence-electron chi connectivity index (χ1n) is 8.65. The molecule has 1 saturated heterocycles. The standard InChI is InChI=1S/C19H30N2/c1-4-18(2)14-20-19(3,16-10-6-5-7-11-16)15-21(18)17-12-8-9-13-17/h5-7,10-11,17,20H,4,8-9,12-15H2,1-3H3. The van der Waals surface area contributed by atoms with E-state index >= 15 is 0 Å². The summed E-state index contributed by atoms with van der Waals surface area (Å²) in [6.45, 7) is 9.38. The third-order valence-electron chi connectivity index (χ3n) is 5.98. The van der Waals surface area contributed by atoms with Crippen molar-refractivity contribution in [2.24, 2.45) is 0 Å². The van der Waals surface area contributed by atoms with Gasteiger partial charge in [0, 0.05) is 24.7 Å². The monoisotopic (exact) mass is 286 g/mol.